The van der Waals surface area contributed by atoms with Crippen LogP contribution in [0.2, 0.25) is 5.02 Å². The van der Waals surface area contributed by atoms with Gasteiger partial charge in [0, 0.05) is 24.0 Å². The largest absolute Gasteiger partial charge is 0.356 e. The van der Waals surface area contributed by atoms with Crippen LogP contribution in [0.25, 0.3) is 0 Å². The number of hydrogen-bond donors (Lipinski definition) is 0. The van der Waals surface area contributed by atoms with Crippen molar-refractivity contribution in [1.82, 2.24) is 9.80 Å². The van der Waals surface area contributed by atoms with E-state index < -0.39 is 12.1 Å². The third-order valence-corrected chi connectivity index (χ3v) is 5.40. The summed E-state index contributed by atoms with van der Waals surface area (Å²) in [5.74, 6) is -0.294. The molecular formula is C18H19ClN2O3S. The number of morpholine rings is 1. The van der Waals surface area contributed by atoms with Gasteiger partial charge in [0.25, 0.3) is 5.91 Å². The van der Waals surface area contributed by atoms with Crippen molar-refractivity contribution in [3.8, 4) is 0 Å². The standard InChI is InChI=1S/C18H19ClN2O3S/c1-20(10-14-4-3-9-25-14)18(23)17-16(21(2)15(22)11-24-17)12-5-7-13(19)8-6-12/h3-9,16-17H,10-11H2,1-2H3. The van der Waals surface area contributed by atoms with E-state index in [4.69, 9.17) is 16.3 Å². The fraction of sp³-hybridized carbons (Fsp3) is 0.333. The van der Waals surface area contributed by atoms with Crippen LogP contribution in [0.4, 0.5) is 0 Å². The molecule has 1 aliphatic heterocycles. The highest BCUT2D eigenvalue weighted by Gasteiger charge is 2.41. The van der Waals surface area contributed by atoms with Gasteiger partial charge in [0.05, 0.1) is 12.6 Å². The van der Waals surface area contributed by atoms with E-state index in [-0.39, 0.29) is 18.4 Å². The molecule has 132 valence electrons. The van der Waals surface area contributed by atoms with Crippen LogP contribution < -0.4 is 0 Å². The lowest BCUT2D eigenvalue weighted by atomic mass is 9.97. The van der Waals surface area contributed by atoms with E-state index >= 15 is 0 Å². The molecule has 1 aliphatic rings. The quantitative estimate of drug-likeness (QED) is 0.821. The van der Waals surface area contributed by atoms with E-state index in [9.17, 15) is 9.59 Å². The van der Waals surface area contributed by atoms with Crippen molar-refractivity contribution in [3.05, 3.63) is 57.2 Å². The van der Waals surface area contributed by atoms with Gasteiger partial charge in [-0.05, 0) is 29.1 Å². The second kappa shape index (κ2) is 7.56. The van der Waals surface area contributed by atoms with E-state index in [0.717, 1.165) is 10.4 Å². The number of halogens is 1. The Kier molecular flexibility index (Phi) is 5.42. The van der Waals surface area contributed by atoms with Crippen molar-refractivity contribution >= 4 is 34.8 Å². The number of thiophene rings is 1. The van der Waals surface area contributed by atoms with Crippen molar-refractivity contribution in [3.63, 3.8) is 0 Å². The molecule has 2 unspecified atom stereocenters. The van der Waals surface area contributed by atoms with Gasteiger partial charge in [-0.2, -0.15) is 0 Å². The average Bonchev–Trinajstić information content (AvgIpc) is 3.10. The zero-order valence-electron chi connectivity index (χ0n) is 14.0. The van der Waals surface area contributed by atoms with E-state index in [2.05, 4.69) is 0 Å². The van der Waals surface area contributed by atoms with E-state index in [1.165, 1.54) is 0 Å². The maximum absolute atomic E-state index is 13.0. The smallest absolute Gasteiger partial charge is 0.254 e. The molecule has 1 saturated heterocycles. The second-order valence-electron chi connectivity index (χ2n) is 6.01. The molecule has 5 nitrogen and oxygen atoms in total. The summed E-state index contributed by atoms with van der Waals surface area (Å²) < 4.78 is 5.65. The van der Waals surface area contributed by atoms with Gasteiger partial charge >= 0.3 is 0 Å². The van der Waals surface area contributed by atoms with Gasteiger partial charge in [-0.1, -0.05) is 29.8 Å². The number of hydrogen-bond acceptors (Lipinski definition) is 4. The number of rotatable bonds is 4. The molecule has 0 saturated carbocycles. The number of carbonyl (C=O) groups excluding carboxylic acids is 2. The van der Waals surface area contributed by atoms with Crippen LogP contribution in [0.5, 0.6) is 0 Å². The molecule has 25 heavy (non-hydrogen) atoms. The molecule has 2 amide bonds. The Morgan fingerprint density at radius 3 is 2.72 bits per heavy atom. The molecule has 7 heteroatoms. The molecule has 2 heterocycles. The van der Waals surface area contributed by atoms with Crippen molar-refractivity contribution in [2.24, 2.45) is 0 Å². The predicted octanol–water partition coefficient (Wildman–Crippen LogP) is 2.96. The Bertz CT molecular complexity index is 748. The molecule has 1 aromatic carbocycles. The first-order chi connectivity index (χ1) is 12.0. The van der Waals surface area contributed by atoms with Gasteiger partial charge in [0.15, 0.2) is 6.10 Å². The molecule has 2 atom stereocenters. The topological polar surface area (TPSA) is 49.9 Å². The molecule has 0 aliphatic carbocycles. The maximum atomic E-state index is 13.0. The third kappa shape index (κ3) is 3.86. The predicted molar refractivity (Wildman–Crippen MR) is 97.5 cm³/mol. The first-order valence-corrected chi connectivity index (χ1v) is 9.13. The Morgan fingerprint density at radius 2 is 2.08 bits per heavy atom. The second-order valence-corrected chi connectivity index (χ2v) is 7.47. The summed E-state index contributed by atoms with van der Waals surface area (Å²) in [5.41, 5.74) is 0.822. The fourth-order valence-corrected chi connectivity index (χ4v) is 3.79. The maximum Gasteiger partial charge on any atom is 0.254 e. The van der Waals surface area contributed by atoms with Crippen LogP contribution in [0.1, 0.15) is 16.5 Å². The number of ether oxygens (including phenoxy) is 1. The first-order valence-electron chi connectivity index (χ1n) is 7.87. The molecular weight excluding hydrogens is 360 g/mol. The summed E-state index contributed by atoms with van der Waals surface area (Å²) in [6.07, 6.45) is -0.742. The minimum Gasteiger partial charge on any atom is -0.356 e. The van der Waals surface area contributed by atoms with Gasteiger partial charge in [-0.25, -0.2) is 0 Å². The van der Waals surface area contributed by atoms with Crippen molar-refractivity contribution in [2.75, 3.05) is 20.7 Å². The van der Waals surface area contributed by atoms with Gasteiger partial charge in [-0.15, -0.1) is 11.3 Å². The Labute approximate surface area is 155 Å². The van der Waals surface area contributed by atoms with Gasteiger partial charge in [0.2, 0.25) is 5.91 Å². The van der Waals surface area contributed by atoms with Crippen LogP contribution in [0.3, 0.4) is 0 Å². The van der Waals surface area contributed by atoms with E-state index in [1.54, 1.807) is 47.4 Å². The number of carbonyl (C=O) groups is 2. The lowest BCUT2D eigenvalue weighted by molar-refractivity contribution is -0.167. The highest BCUT2D eigenvalue weighted by atomic mass is 35.5. The molecule has 1 aromatic heterocycles. The number of amides is 2. The molecule has 1 fully saturated rings. The van der Waals surface area contributed by atoms with Crippen molar-refractivity contribution in [1.29, 1.82) is 0 Å². The van der Waals surface area contributed by atoms with Crippen LogP contribution in [-0.4, -0.2) is 48.4 Å². The summed E-state index contributed by atoms with van der Waals surface area (Å²) >= 11 is 7.56. The summed E-state index contributed by atoms with van der Waals surface area (Å²) in [7, 11) is 3.45. The summed E-state index contributed by atoms with van der Waals surface area (Å²) in [4.78, 5) is 29.4. The molecule has 0 radical (unpaired) electrons. The third-order valence-electron chi connectivity index (χ3n) is 4.29. The Hall–Kier alpha value is -1.89. The lowest BCUT2D eigenvalue weighted by Gasteiger charge is -2.39. The van der Waals surface area contributed by atoms with Crippen LogP contribution in [-0.2, 0) is 20.9 Å². The normalized spacial score (nSPS) is 20.6. The zero-order valence-corrected chi connectivity index (χ0v) is 15.6. The van der Waals surface area contributed by atoms with E-state index in [0.29, 0.717) is 11.6 Å². The Morgan fingerprint density at radius 1 is 1.36 bits per heavy atom. The average molecular weight is 379 g/mol. The molecule has 0 N–H and O–H groups in total. The fourth-order valence-electron chi connectivity index (χ4n) is 2.91. The van der Waals surface area contributed by atoms with Gasteiger partial charge in [0.1, 0.15) is 6.61 Å². The van der Waals surface area contributed by atoms with Crippen molar-refractivity contribution in [2.45, 2.75) is 18.7 Å². The van der Waals surface area contributed by atoms with Crippen LogP contribution >= 0.6 is 22.9 Å². The highest BCUT2D eigenvalue weighted by Crippen LogP contribution is 2.31. The highest BCUT2D eigenvalue weighted by molar-refractivity contribution is 7.09. The minimum atomic E-state index is -0.742. The number of benzene rings is 1. The summed E-state index contributed by atoms with van der Waals surface area (Å²) in [6.45, 7) is 0.422. The number of likely N-dealkylation sites (N-methyl/N-ethyl adjacent to an activating group) is 2. The van der Waals surface area contributed by atoms with Crippen LogP contribution in [0.15, 0.2) is 41.8 Å². The van der Waals surface area contributed by atoms with Crippen LogP contribution in [0, 0.1) is 0 Å². The summed E-state index contributed by atoms with van der Waals surface area (Å²) in [5, 5.41) is 2.58. The SMILES string of the molecule is CN(Cc1cccs1)C(=O)C1OCC(=O)N(C)C1c1ccc(Cl)cc1. The Balaban J connectivity index is 1.84. The minimum absolute atomic E-state index is 0.0934. The van der Waals surface area contributed by atoms with Gasteiger partial charge < -0.3 is 14.5 Å². The monoisotopic (exact) mass is 378 g/mol. The molecule has 3 rings (SSSR count). The van der Waals surface area contributed by atoms with Crippen molar-refractivity contribution < 1.29 is 14.3 Å². The lowest BCUT2D eigenvalue weighted by Crippen LogP contribution is -2.53. The van der Waals surface area contributed by atoms with Gasteiger partial charge in [-0.3, -0.25) is 9.59 Å². The van der Waals surface area contributed by atoms with E-state index in [1.807, 2.05) is 29.6 Å². The molecule has 2 aromatic rings. The molecule has 0 bridgehead atoms. The zero-order chi connectivity index (χ0) is 18.0. The number of nitrogens with zero attached hydrogens (tertiary/aromatic N) is 2. The first kappa shape index (κ1) is 17.9. The molecule has 0 spiro atoms. The summed E-state index contributed by atoms with van der Waals surface area (Å²) in [6, 6.07) is 10.6.